The Balaban J connectivity index is 1.49. The summed E-state index contributed by atoms with van der Waals surface area (Å²) >= 11 is 0. The molecule has 0 radical (unpaired) electrons. The van der Waals surface area contributed by atoms with E-state index in [1.807, 2.05) is 10.7 Å². The summed E-state index contributed by atoms with van der Waals surface area (Å²) in [6, 6.07) is 8.12. The Morgan fingerprint density at radius 1 is 1.21 bits per heavy atom. The molecule has 1 aromatic heterocycles. The fourth-order valence-corrected chi connectivity index (χ4v) is 3.89. The van der Waals surface area contributed by atoms with Gasteiger partial charge in [0.2, 0.25) is 5.95 Å². The number of rotatable bonds is 2. The summed E-state index contributed by atoms with van der Waals surface area (Å²) in [6.45, 7) is 2.98. The normalized spacial score (nSPS) is 22.4. The maximum Gasteiger partial charge on any atom is 0.322 e. The number of anilines is 1. The van der Waals surface area contributed by atoms with Gasteiger partial charge in [0.05, 0.1) is 5.54 Å². The first-order valence-corrected chi connectivity index (χ1v) is 8.75. The zero-order chi connectivity index (χ0) is 16.6. The van der Waals surface area contributed by atoms with Gasteiger partial charge in [-0.25, -0.2) is 9.48 Å². The van der Waals surface area contributed by atoms with E-state index in [1.54, 1.807) is 0 Å². The molecule has 0 bridgehead atoms. The Labute approximate surface area is 141 Å². The average Bonchev–Trinajstić information content (AvgIpc) is 2.97. The van der Waals surface area contributed by atoms with Crippen LogP contribution in [0.15, 0.2) is 24.3 Å². The van der Waals surface area contributed by atoms with Crippen LogP contribution in [0.5, 0.6) is 0 Å². The lowest BCUT2D eigenvalue weighted by Crippen LogP contribution is -2.47. The molecule has 1 aliphatic heterocycles. The van der Waals surface area contributed by atoms with Gasteiger partial charge in [-0.2, -0.15) is 4.98 Å². The van der Waals surface area contributed by atoms with E-state index in [-0.39, 0.29) is 11.6 Å². The first kappa shape index (κ1) is 15.2. The van der Waals surface area contributed by atoms with Crippen molar-refractivity contribution in [3.05, 3.63) is 41.2 Å². The van der Waals surface area contributed by atoms with E-state index in [2.05, 4.69) is 45.8 Å². The molecule has 1 atom stereocenters. The molecule has 6 nitrogen and oxygen atoms in total. The molecular weight excluding hydrogens is 302 g/mol. The van der Waals surface area contributed by atoms with E-state index in [1.165, 1.54) is 11.1 Å². The van der Waals surface area contributed by atoms with E-state index in [0.29, 0.717) is 5.95 Å². The number of fused-ring (bicyclic) bond motifs is 2. The van der Waals surface area contributed by atoms with Crippen LogP contribution in [0.1, 0.15) is 49.6 Å². The minimum atomic E-state index is -0.349. The maximum absolute atomic E-state index is 12.5. The summed E-state index contributed by atoms with van der Waals surface area (Å²) in [6.07, 6.45) is 6.27. The molecule has 24 heavy (non-hydrogen) atoms. The quantitative estimate of drug-likeness (QED) is 0.891. The van der Waals surface area contributed by atoms with Gasteiger partial charge < -0.3 is 5.32 Å². The summed E-state index contributed by atoms with van der Waals surface area (Å²) in [7, 11) is 0. The van der Waals surface area contributed by atoms with Gasteiger partial charge in [-0.15, -0.1) is 5.10 Å². The number of aromatic nitrogens is 3. The van der Waals surface area contributed by atoms with Gasteiger partial charge >= 0.3 is 6.03 Å². The highest BCUT2D eigenvalue weighted by Gasteiger charge is 2.33. The summed E-state index contributed by atoms with van der Waals surface area (Å²) in [5, 5.41) is 10.3. The second-order valence-corrected chi connectivity index (χ2v) is 6.95. The van der Waals surface area contributed by atoms with Crippen LogP contribution in [-0.4, -0.2) is 20.8 Å². The number of hydrogen-bond acceptors (Lipinski definition) is 3. The number of benzene rings is 1. The van der Waals surface area contributed by atoms with Crippen LogP contribution in [0.3, 0.4) is 0 Å². The van der Waals surface area contributed by atoms with Crippen LogP contribution in [0.2, 0.25) is 0 Å². The van der Waals surface area contributed by atoms with Crippen molar-refractivity contribution in [2.75, 3.05) is 5.32 Å². The molecule has 1 aromatic carbocycles. The number of aryl methyl sites for hydroxylation is 3. The standard InChI is InChI=1S/C18H23N5O/c1-18(11-6-8-13-7-2-3-9-14(13)18)21-17(24)20-16-19-15-10-4-5-12-23(15)22-16/h2-3,7,9H,4-6,8,10-12H2,1H3,(H2,20,21,22,24). The third kappa shape index (κ3) is 2.77. The van der Waals surface area contributed by atoms with Gasteiger partial charge in [0.25, 0.3) is 0 Å². The lowest BCUT2D eigenvalue weighted by atomic mass is 9.78. The molecule has 2 amide bonds. The summed E-state index contributed by atoms with van der Waals surface area (Å²) < 4.78 is 1.90. The molecule has 0 saturated heterocycles. The second kappa shape index (κ2) is 5.92. The van der Waals surface area contributed by atoms with Crippen molar-refractivity contribution in [2.24, 2.45) is 0 Å². The lowest BCUT2D eigenvalue weighted by molar-refractivity contribution is 0.233. The Bertz CT molecular complexity index is 745. The highest BCUT2D eigenvalue weighted by Crippen LogP contribution is 2.34. The van der Waals surface area contributed by atoms with Crippen molar-refractivity contribution < 1.29 is 4.79 Å². The molecule has 0 fully saturated rings. The second-order valence-electron chi connectivity index (χ2n) is 6.95. The van der Waals surface area contributed by atoms with E-state index < -0.39 is 0 Å². The van der Waals surface area contributed by atoms with Crippen LogP contribution in [0, 0.1) is 0 Å². The van der Waals surface area contributed by atoms with E-state index >= 15 is 0 Å². The van der Waals surface area contributed by atoms with Gasteiger partial charge in [0.1, 0.15) is 5.82 Å². The zero-order valence-corrected chi connectivity index (χ0v) is 14.0. The molecule has 0 saturated carbocycles. The minimum Gasteiger partial charge on any atom is -0.329 e. The van der Waals surface area contributed by atoms with E-state index in [0.717, 1.165) is 50.9 Å². The van der Waals surface area contributed by atoms with E-state index in [9.17, 15) is 4.79 Å². The fourth-order valence-electron chi connectivity index (χ4n) is 3.89. The van der Waals surface area contributed by atoms with Gasteiger partial charge in [-0.1, -0.05) is 24.3 Å². The molecular formula is C18H23N5O. The molecule has 2 N–H and O–H groups in total. The molecule has 126 valence electrons. The van der Waals surface area contributed by atoms with Gasteiger partial charge in [-0.3, -0.25) is 5.32 Å². The predicted octanol–water partition coefficient (Wildman–Crippen LogP) is 2.99. The highest BCUT2D eigenvalue weighted by atomic mass is 16.2. The van der Waals surface area contributed by atoms with Crippen LogP contribution >= 0.6 is 0 Å². The van der Waals surface area contributed by atoms with Crippen molar-refractivity contribution in [1.82, 2.24) is 20.1 Å². The van der Waals surface area contributed by atoms with Gasteiger partial charge in [0.15, 0.2) is 0 Å². The summed E-state index contributed by atoms with van der Waals surface area (Å²) in [4.78, 5) is 16.9. The topological polar surface area (TPSA) is 71.8 Å². The molecule has 2 heterocycles. The molecule has 4 rings (SSSR count). The van der Waals surface area contributed by atoms with Gasteiger partial charge in [0, 0.05) is 13.0 Å². The molecule has 6 heteroatoms. The van der Waals surface area contributed by atoms with Crippen molar-refractivity contribution in [3.8, 4) is 0 Å². The number of carbonyl (C=O) groups is 1. The molecule has 2 aromatic rings. The van der Waals surface area contributed by atoms with E-state index in [4.69, 9.17) is 0 Å². The Hall–Kier alpha value is -2.37. The third-order valence-electron chi connectivity index (χ3n) is 5.12. The number of hydrogen-bond donors (Lipinski definition) is 2. The zero-order valence-electron chi connectivity index (χ0n) is 14.0. The lowest BCUT2D eigenvalue weighted by Gasteiger charge is -2.36. The van der Waals surface area contributed by atoms with Crippen molar-refractivity contribution in [3.63, 3.8) is 0 Å². The largest absolute Gasteiger partial charge is 0.329 e. The average molecular weight is 325 g/mol. The number of nitrogens with zero attached hydrogens (tertiary/aromatic N) is 3. The maximum atomic E-state index is 12.5. The molecule has 1 aliphatic carbocycles. The highest BCUT2D eigenvalue weighted by molar-refractivity contribution is 5.88. The van der Waals surface area contributed by atoms with Crippen LogP contribution in [0.25, 0.3) is 0 Å². The van der Waals surface area contributed by atoms with Crippen molar-refractivity contribution in [1.29, 1.82) is 0 Å². The number of urea groups is 1. The van der Waals surface area contributed by atoms with Crippen LogP contribution < -0.4 is 10.6 Å². The van der Waals surface area contributed by atoms with Crippen molar-refractivity contribution >= 4 is 12.0 Å². The Kier molecular flexibility index (Phi) is 3.75. The number of nitrogens with one attached hydrogen (secondary N) is 2. The molecule has 1 unspecified atom stereocenters. The first-order valence-electron chi connectivity index (χ1n) is 8.75. The summed E-state index contributed by atoms with van der Waals surface area (Å²) in [5.41, 5.74) is 2.18. The first-order chi connectivity index (χ1) is 11.6. The fraction of sp³-hybridized carbons (Fsp3) is 0.500. The predicted molar refractivity (Wildman–Crippen MR) is 91.8 cm³/mol. The smallest absolute Gasteiger partial charge is 0.322 e. The Morgan fingerprint density at radius 3 is 2.96 bits per heavy atom. The number of carbonyl (C=O) groups excluding carboxylic acids is 1. The Morgan fingerprint density at radius 2 is 2.08 bits per heavy atom. The number of amides is 2. The molecule has 0 spiro atoms. The monoisotopic (exact) mass is 325 g/mol. The minimum absolute atomic E-state index is 0.239. The third-order valence-corrected chi connectivity index (χ3v) is 5.12. The van der Waals surface area contributed by atoms with Crippen LogP contribution in [0.4, 0.5) is 10.7 Å². The summed E-state index contributed by atoms with van der Waals surface area (Å²) in [5.74, 6) is 1.36. The molecule has 2 aliphatic rings. The van der Waals surface area contributed by atoms with Crippen LogP contribution in [-0.2, 0) is 24.9 Å². The van der Waals surface area contributed by atoms with Gasteiger partial charge in [-0.05, 0) is 50.2 Å². The van der Waals surface area contributed by atoms with Crippen molar-refractivity contribution in [2.45, 2.75) is 57.5 Å². The SMILES string of the molecule is CC1(NC(=O)Nc2nc3n(n2)CCCC3)CCCc2ccccc21.